The van der Waals surface area contributed by atoms with Crippen LogP contribution in [0.25, 0.3) is 21.1 Å². The van der Waals surface area contributed by atoms with Crippen molar-refractivity contribution in [3.8, 4) is 27.2 Å². The molecule has 2 aromatic heterocycles. The summed E-state index contributed by atoms with van der Waals surface area (Å²) in [5.74, 6) is -0.393. The summed E-state index contributed by atoms with van der Waals surface area (Å²) in [5, 5.41) is 10.6. The first-order valence-electron chi connectivity index (χ1n) is 15.5. The summed E-state index contributed by atoms with van der Waals surface area (Å²) in [6.07, 6.45) is 6.64. The predicted octanol–water partition coefficient (Wildman–Crippen LogP) is 6.05. The summed E-state index contributed by atoms with van der Waals surface area (Å²) >= 11 is 1.49. The van der Waals surface area contributed by atoms with Crippen molar-refractivity contribution in [3.63, 3.8) is 0 Å². The number of anilines is 1. The van der Waals surface area contributed by atoms with Gasteiger partial charge in [0.15, 0.2) is 9.84 Å². The number of aromatic nitrogens is 2. The van der Waals surface area contributed by atoms with Crippen LogP contribution in [0.15, 0.2) is 42.6 Å². The molecule has 2 saturated heterocycles. The van der Waals surface area contributed by atoms with Gasteiger partial charge >= 0.3 is 0 Å². The van der Waals surface area contributed by atoms with Crippen LogP contribution in [0.1, 0.15) is 56.6 Å². The van der Waals surface area contributed by atoms with E-state index in [1.165, 1.54) is 23.6 Å². The molecule has 11 heteroatoms. The first-order valence-corrected chi connectivity index (χ1v) is 18.1. The van der Waals surface area contributed by atoms with Gasteiger partial charge in [-0.3, -0.25) is 9.78 Å². The Labute approximate surface area is 262 Å². The topological polar surface area (TPSA) is 113 Å². The molecule has 3 atom stereocenters. The Kier molecular flexibility index (Phi) is 9.40. The van der Waals surface area contributed by atoms with E-state index in [-0.39, 0.29) is 47.4 Å². The molecule has 6 rings (SSSR count). The van der Waals surface area contributed by atoms with Gasteiger partial charge in [-0.05, 0) is 61.4 Å². The van der Waals surface area contributed by atoms with E-state index < -0.39 is 15.7 Å². The second-order valence-corrected chi connectivity index (χ2v) is 15.4. The Bertz CT molecular complexity index is 1600. The largest absolute Gasteiger partial charge is 0.381 e. The molecule has 0 spiro atoms. The van der Waals surface area contributed by atoms with Gasteiger partial charge in [-0.15, -0.1) is 11.3 Å². The monoisotopic (exact) mass is 636 g/mol. The standard InChI is InChI=1S/C33H37FN4O4S2/c34-25-7-10-29(36-21-25)33-37-31(32(43-33)23-5-8-26(9-6-23)38-13-17-44(40,41)18-14-38)28-4-2-1-3-27(28)30(39)19-24(20-35)22-11-15-42-16-12-22/h5-10,21-22,24,27-28H,1-4,11-19H2/t24?,27-,28-/m1/s1. The number of thiazole rings is 1. The first kappa shape index (κ1) is 30.8. The van der Waals surface area contributed by atoms with Gasteiger partial charge in [0.1, 0.15) is 16.6 Å². The second-order valence-electron chi connectivity index (χ2n) is 12.1. The lowest BCUT2D eigenvalue weighted by Gasteiger charge is -2.32. The first-order chi connectivity index (χ1) is 21.3. The van der Waals surface area contributed by atoms with Crippen molar-refractivity contribution in [1.82, 2.24) is 9.97 Å². The molecule has 1 aliphatic carbocycles. The molecule has 1 aromatic carbocycles. The summed E-state index contributed by atoms with van der Waals surface area (Å²) in [4.78, 5) is 26.3. The van der Waals surface area contributed by atoms with Gasteiger partial charge in [0.2, 0.25) is 0 Å². The smallest absolute Gasteiger partial charge is 0.153 e. The minimum atomic E-state index is -2.98. The fourth-order valence-corrected chi connectivity index (χ4v) is 9.16. The second kappa shape index (κ2) is 13.4. The van der Waals surface area contributed by atoms with E-state index in [1.54, 1.807) is 6.07 Å². The minimum absolute atomic E-state index is 0.0855. The summed E-state index contributed by atoms with van der Waals surface area (Å²) < 4.78 is 43.0. The van der Waals surface area contributed by atoms with Crippen molar-refractivity contribution in [2.75, 3.05) is 42.7 Å². The van der Waals surface area contributed by atoms with E-state index in [2.05, 4.69) is 16.0 Å². The van der Waals surface area contributed by atoms with Crippen molar-refractivity contribution in [2.24, 2.45) is 17.8 Å². The van der Waals surface area contributed by atoms with E-state index >= 15 is 0 Å². The molecule has 3 aliphatic rings. The van der Waals surface area contributed by atoms with Crippen LogP contribution in [0.2, 0.25) is 0 Å². The number of pyridine rings is 1. The molecule has 4 heterocycles. The average Bonchev–Trinajstić information content (AvgIpc) is 3.50. The number of hydrogen-bond donors (Lipinski definition) is 0. The summed E-state index contributed by atoms with van der Waals surface area (Å²) in [7, 11) is -2.98. The van der Waals surface area contributed by atoms with E-state index in [0.717, 1.165) is 60.3 Å². The van der Waals surface area contributed by atoms with Crippen LogP contribution in [-0.2, 0) is 19.4 Å². The number of ether oxygens (including phenoxy) is 1. The maximum Gasteiger partial charge on any atom is 0.153 e. The van der Waals surface area contributed by atoms with Crippen LogP contribution < -0.4 is 4.90 Å². The highest BCUT2D eigenvalue weighted by atomic mass is 32.2. The van der Waals surface area contributed by atoms with Gasteiger partial charge in [-0.1, -0.05) is 25.0 Å². The number of nitriles is 1. The van der Waals surface area contributed by atoms with Crippen molar-refractivity contribution in [2.45, 2.75) is 50.9 Å². The van der Waals surface area contributed by atoms with Crippen LogP contribution >= 0.6 is 11.3 Å². The van der Waals surface area contributed by atoms with Crippen LogP contribution in [0.4, 0.5) is 10.1 Å². The Balaban J connectivity index is 1.31. The number of ketones is 1. The fraction of sp³-hybridized carbons (Fsp3) is 0.515. The van der Waals surface area contributed by atoms with Crippen molar-refractivity contribution >= 4 is 32.6 Å². The number of hydrogen-bond acceptors (Lipinski definition) is 9. The zero-order valence-electron chi connectivity index (χ0n) is 24.7. The molecule has 0 amide bonds. The van der Waals surface area contributed by atoms with Crippen molar-refractivity contribution in [3.05, 3.63) is 54.1 Å². The number of benzene rings is 1. The van der Waals surface area contributed by atoms with E-state index in [4.69, 9.17) is 9.72 Å². The number of carbonyl (C=O) groups excluding carboxylic acids is 1. The molecule has 0 bridgehead atoms. The summed E-state index contributed by atoms with van der Waals surface area (Å²) in [6, 6.07) is 13.5. The predicted molar refractivity (Wildman–Crippen MR) is 169 cm³/mol. The third-order valence-electron chi connectivity index (χ3n) is 9.39. The lowest BCUT2D eigenvalue weighted by molar-refractivity contribution is -0.125. The summed E-state index contributed by atoms with van der Waals surface area (Å²) in [6.45, 7) is 2.22. The lowest BCUT2D eigenvalue weighted by atomic mass is 9.72. The lowest BCUT2D eigenvalue weighted by Crippen LogP contribution is -2.40. The van der Waals surface area contributed by atoms with E-state index in [0.29, 0.717) is 37.0 Å². The highest BCUT2D eigenvalue weighted by molar-refractivity contribution is 7.91. The molecule has 8 nitrogen and oxygen atoms in total. The molecule has 0 radical (unpaired) electrons. The summed E-state index contributed by atoms with van der Waals surface area (Å²) in [5.41, 5.74) is 3.38. The third kappa shape index (κ3) is 6.87. The van der Waals surface area contributed by atoms with Crippen LogP contribution in [-0.4, -0.2) is 62.0 Å². The molecule has 44 heavy (non-hydrogen) atoms. The number of nitrogens with zero attached hydrogens (tertiary/aromatic N) is 4. The van der Waals surface area contributed by atoms with Crippen molar-refractivity contribution in [1.29, 1.82) is 5.26 Å². The van der Waals surface area contributed by atoms with Crippen LogP contribution in [0, 0.1) is 34.9 Å². The fourth-order valence-electron chi connectivity index (χ4n) is 6.84. The molecular weight excluding hydrogens is 600 g/mol. The van der Waals surface area contributed by atoms with E-state index in [9.17, 15) is 22.9 Å². The van der Waals surface area contributed by atoms with Gasteiger partial charge in [0, 0.05) is 50.2 Å². The van der Waals surface area contributed by atoms with Crippen molar-refractivity contribution < 1.29 is 22.3 Å². The normalized spacial score (nSPS) is 23.1. The van der Waals surface area contributed by atoms with Crippen LogP contribution in [0.3, 0.4) is 0 Å². The molecule has 3 fully saturated rings. The van der Waals surface area contributed by atoms with Gasteiger partial charge in [0.05, 0.1) is 46.0 Å². The third-order valence-corrected chi connectivity index (χ3v) is 12.1. The van der Waals surface area contributed by atoms with Gasteiger partial charge in [-0.2, -0.15) is 5.26 Å². The molecule has 1 saturated carbocycles. The minimum Gasteiger partial charge on any atom is -0.381 e. The number of rotatable bonds is 8. The number of Topliss-reactive ketones (excluding diaryl/α,β-unsaturated/α-hetero) is 1. The Morgan fingerprint density at radius 3 is 2.48 bits per heavy atom. The highest BCUT2D eigenvalue weighted by Crippen LogP contribution is 2.46. The maximum atomic E-state index is 13.9. The molecule has 3 aromatic rings. The van der Waals surface area contributed by atoms with Gasteiger partial charge in [0.25, 0.3) is 0 Å². The Morgan fingerprint density at radius 2 is 1.80 bits per heavy atom. The Morgan fingerprint density at radius 1 is 1.07 bits per heavy atom. The van der Waals surface area contributed by atoms with Crippen LogP contribution in [0.5, 0.6) is 0 Å². The quantitative estimate of drug-likeness (QED) is 0.294. The highest BCUT2D eigenvalue weighted by Gasteiger charge is 2.37. The number of halogens is 1. The zero-order valence-corrected chi connectivity index (χ0v) is 26.3. The molecule has 2 aliphatic heterocycles. The van der Waals surface area contributed by atoms with Gasteiger partial charge in [-0.25, -0.2) is 17.8 Å². The van der Waals surface area contributed by atoms with E-state index in [1.807, 2.05) is 24.3 Å². The number of sulfone groups is 1. The van der Waals surface area contributed by atoms with Gasteiger partial charge < -0.3 is 9.64 Å². The molecule has 1 unspecified atom stereocenters. The SMILES string of the molecule is N#CC(CC(=O)[C@@H]1CCCC[C@H]1c1nc(-c2ccc(F)cn2)sc1-c1ccc(N2CCS(=O)(=O)CC2)cc1)C1CCOCC1. The molecule has 232 valence electrons. The Hall–Kier alpha value is -3.20. The molecule has 0 N–H and O–H groups in total. The molecular formula is C33H37FN4O4S2. The average molecular weight is 637 g/mol. The maximum absolute atomic E-state index is 13.9. The number of carbonyl (C=O) groups is 1. The zero-order chi connectivity index (χ0) is 30.7.